The number of rotatable bonds is 6. The minimum Gasteiger partial charge on any atom is -0.352 e. The van der Waals surface area contributed by atoms with Crippen LogP contribution in [-0.2, 0) is 11.2 Å². The van der Waals surface area contributed by atoms with Gasteiger partial charge in [0.2, 0.25) is 5.91 Å². The lowest BCUT2D eigenvalue weighted by molar-refractivity contribution is -0.124. The predicted molar refractivity (Wildman–Crippen MR) is 82.9 cm³/mol. The largest absolute Gasteiger partial charge is 0.352 e. The van der Waals surface area contributed by atoms with Crippen LogP contribution >= 0.6 is 15.9 Å². The van der Waals surface area contributed by atoms with Crippen molar-refractivity contribution in [3.63, 3.8) is 0 Å². The van der Waals surface area contributed by atoms with E-state index in [1.807, 2.05) is 32.9 Å². The van der Waals surface area contributed by atoms with Gasteiger partial charge in [-0.05, 0) is 37.0 Å². The summed E-state index contributed by atoms with van der Waals surface area (Å²) in [6.07, 6.45) is 1.72. The minimum absolute atomic E-state index is 0.0565. The van der Waals surface area contributed by atoms with Crippen LogP contribution in [0.5, 0.6) is 0 Å². The first-order valence-electron chi connectivity index (χ1n) is 6.74. The van der Waals surface area contributed by atoms with Gasteiger partial charge < -0.3 is 11.1 Å². The average Bonchev–Trinajstić information content (AvgIpc) is 2.39. The van der Waals surface area contributed by atoms with Crippen LogP contribution < -0.4 is 11.1 Å². The molecule has 0 aliphatic carbocycles. The van der Waals surface area contributed by atoms with Gasteiger partial charge in [0.1, 0.15) is 0 Å². The molecule has 3 nitrogen and oxygen atoms in total. The fourth-order valence-corrected chi connectivity index (χ4v) is 2.14. The number of benzene rings is 1. The highest BCUT2D eigenvalue weighted by Gasteiger charge is 2.20. The van der Waals surface area contributed by atoms with Crippen LogP contribution in [0.1, 0.15) is 32.8 Å². The van der Waals surface area contributed by atoms with Gasteiger partial charge >= 0.3 is 0 Å². The number of hydrogen-bond donors (Lipinski definition) is 2. The molecule has 19 heavy (non-hydrogen) atoms. The van der Waals surface area contributed by atoms with Gasteiger partial charge in [0.15, 0.2) is 0 Å². The molecule has 3 atom stereocenters. The van der Waals surface area contributed by atoms with E-state index in [2.05, 4.69) is 33.4 Å². The molecule has 106 valence electrons. The molecule has 0 saturated heterocycles. The molecule has 0 fully saturated rings. The first kappa shape index (κ1) is 16.2. The van der Waals surface area contributed by atoms with E-state index in [-0.39, 0.29) is 17.9 Å². The maximum absolute atomic E-state index is 12.0. The van der Waals surface area contributed by atoms with E-state index in [4.69, 9.17) is 5.73 Å². The number of amides is 1. The Morgan fingerprint density at radius 2 is 1.89 bits per heavy atom. The summed E-state index contributed by atoms with van der Waals surface area (Å²) >= 11 is 3.41. The van der Waals surface area contributed by atoms with Gasteiger partial charge in [0.05, 0.1) is 6.04 Å². The second-order valence-electron chi connectivity index (χ2n) is 5.15. The highest BCUT2D eigenvalue weighted by atomic mass is 79.9. The number of carbonyl (C=O) groups is 1. The zero-order chi connectivity index (χ0) is 14.4. The van der Waals surface area contributed by atoms with Crippen molar-refractivity contribution in [3.05, 3.63) is 34.3 Å². The highest BCUT2D eigenvalue weighted by Crippen LogP contribution is 2.12. The van der Waals surface area contributed by atoms with Gasteiger partial charge in [-0.15, -0.1) is 0 Å². The van der Waals surface area contributed by atoms with Crippen LogP contribution in [0.4, 0.5) is 0 Å². The summed E-state index contributed by atoms with van der Waals surface area (Å²) in [6.45, 7) is 6.05. The fraction of sp³-hybridized carbons (Fsp3) is 0.533. The van der Waals surface area contributed by atoms with E-state index in [0.29, 0.717) is 0 Å². The molecule has 3 N–H and O–H groups in total. The maximum Gasteiger partial charge on any atom is 0.237 e. The van der Waals surface area contributed by atoms with Crippen molar-refractivity contribution in [1.29, 1.82) is 0 Å². The van der Waals surface area contributed by atoms with Gasteiger partial charge in [-0.2, -0.15) is 0 Å². The summed E-state index contributed by atoms with van der Waals surface area (Å²) in [5.74, 6) is 0.152. The molecule has 0 aromatic heterocycles. The van der Waals surface area contributed by atoms with E-state index in [1.165, 1.54) is 5.56 Å². The van der Waals surface area contributed by atoms with Gasteiger partial charge in [-0.25, -0.2) is 0 Å². The normalized spacial score (nSPS) is 15.6. The monoisotopic (exact) mass is 326 g/mol. The average molecular weight is 327 g/mol. The fourth-order valence-electron chi connectivity index (χ4n) is 1.88. The Kier molecular flexibility index (Phi) is 6.52. The molecule has 1 aromatic rings. The smallest absolute Gasteiger partial charge is 0.237 e. The summed E-state index contributed by atoms with van der Waals surface area (Å²) in [5, 5.41) is 2.98. The summed E-state index contributed by atoms with van der Waals surface area (Å²) in [6, 6.07) is 7.80. The second-order valence-corrected chi connectivity index (χ2v) is 6.07. The Morgan fingerprint density at radius 3 is 2.42 bits per heavy atom. The molecule has 1 amide bonds. The molecule has 1 aromatic carbocycles. The standard InChI is InChI=1S/C15H23BrN2O/c1-4-10(2)14(17)15(19)18-11(3)9-12-5-7-13(16)8-6-12/h5-8,10-11,14H,4,9,17H2,1-3H3,(H,18,19)/t10-,11?,14-/m0/s1. The lowest BCUT2D eigenvalue weighted by atomic mass is 9.98. The Morgan fingerprint density at radius 1 is 1.32 bits per heavy atom. The van der Waals surface area contributed by atoms with Gasteiger partial charge in [0.25, 0.3) is 0 Å². The molecule has 0 saturated carbocycles. The number of hydrogen-bond acceptors (Lipinski definition) is 2. The van der Waals surface area contributed by atoms with Gasteiger partial charge in [-0.1, -0.05) is 48.3 Å². The quantitative estimate of drug-likeness (QED) is 0.844. The third-order valence-electron chi connectivity index (χ3n) is 3.40. The first-order chi connectivity index (χ1) is 8.93. The summed E-state index contributed by atoms with van der Waals surface area (Å²) in [7, 11) is 0. The molecule has 0 radical (unpaired) electrons. The van der Waals surface area contributed by atoms with Crippen molar-refractivity contribution in [3.8, 4) is 0 Å². The van der Waals surface area contributed by atoms with Crippen LogP contribution in [0.2, 0.25) is 0 Å². The summed E-state index contributed by atoms with van der Waals surface area (Å²) in [4.78, 5) is 12.0. The molecule has 4 heteroatoms. The number of carbonyl (C=O) groups excluding carboxylic acids is 1. The van der Waals surface area contributed by atoms with Crippen molar-refractivity contribution >= 4 is 21.8 Å². The van der Waals surface area contributed by atoms with Crippen molar-refractivity contribution in [2.45, 2.75) is 45.7 Å². The van der Waals surface area contributed by atoms with Crippen molar-refractivity contribution in [1.82, 2.24) is 5.32 Å². The van der Waals surface area contributed by atoms with Gasteiger partial charge in [-0.3, -0.25) is 4.79 Å². The minimum atomic E-state index is -0.419. The Balaban J connectivity index is 2.48. The predicted octanol–water partition coefficient (Wildman–Crippen LogP) is 2.87. The molecular weight excluding hydrogens is 304 g/mol. The van der Waals surface area contributed by atoms with Crippen LogP contribution in [0.3, 0.4) is 0 Å². The summed E-state index contributed by atoms with van der Waals surface area (Å²) < 4.78 is 1.06. The first-order valence-corrected chi connectivity index (χ1v) is 7.53. The molecule has 0 heterocycles. The van der Waals surface area contributed by atoms with Crippen LogP contribution in [0.25, 0.3) is 0 Å². The van der Waals surface area contributed by atoms with Crippen LogP contribution in [0, 0.1) is 5.92 Å². The third kappa shape index (κ3) is 5.33. The van der Waals surface area contributed by atoms with E-state index in [1.54, 1.807) is 0 Å². The SMILES string of the molecule is CC[C@H](C)[C@H](N)C(=O)NC(C)Cc1ccc(Br)cc1. The third-order valence-corrected chi connectivity index (χ3v) is 3.93. The molecule has 0 aliphatic rings. The Labute approximate surface area is 124 Å². The zero-order valence-electron chi connectivity index (χ0n) is 11.8. The highest BCUT2D eigenvalue weighted by molar-refractivity contribution is 9.10. The van der Waals surface area contributed by atoms with E-state index in [0.717, 1.165) is 17.3 Å². The lowest BCUT2D eigenvalue weighted by Gasteiger charge is -2.21. The lowest BCUT2D eigenvalue weighted by Crippen LogP contribution is -2.48. The molecule has 1 unspecified atom stereocenters. The van der Waals surface area contributed by atoms with Crippen LogP contribution in [0.15, 0.2) is 28.7 Å². The van der Waals surface area contributed by atoms with Crippen molar-refractivity contribution < 1.29 is 4.79 Å². The second kappa shape index (κ2) is 7.65. The van der Waals surface area contributed by atoms with Crippen molar-refractivity contribution in [2.24, 2.45) is 11.7 Å². The van der Waals surface area contributed by atoms with E-state index in [9.17, 15) is 4.79 Å². The molecule has 1 rings (SSSR count). The van der Waals surface area contributed by atoms with Crippen molar-refractivity contribution in [2.75, 3.05) is 0 Å². The molecule has 0 aliphatic heterocycles. The molecule has 0 bridgehead atoms. The van der Waals surface area contributed by atoms with E-state index < -0.39 is 6.04 Å². The molecule has 0 spiro atoms. The maximum atomic E-state index is 12.0. The number of nitrogens with one attached hydrogen (secondary N) is 1. The van der Waals surface area contributed by atoms with Crippen LogP contribution in [-0.4, -0.2) is 18.0 Å². The van der Waals surface area contributed by atoms with Gasteiger partial charge in [0, 0.05) is 10.5 Å². The zero-order valence-corrected chi connectivity index (χ0v) is 13.4. The van der Waals surface area contributed by atoms with E-state index >= 15 is 0 Å². The summed E-state index contributed by atoms with van der Waals surface area (Å²) in [5.41, 5.74) is 7.12. The number of nitrogens with two attached hydrogens (primary N) is 1. The Bertz CT molecular complexity index is 405. The molecular formula is C15H23BrN2O. The topological polar surface area (TPSA) is 55.1 Å². The Hall–Kier alpha value is -0.870. The number of halogens is 1.